The molecule has 0 radical (unpaired) electrons. The largest absolute Gasteiger partial charge is 0.393 e. The third-order valence-corrected chi connectivity index (χ3v) is 1.94. The summed E-state index contributed by atoms with van der Waals surface area (Å²) in [5.74, 6) is 0. The minimum Gasteiger partial charge on any atom is -0.393 e. The normalized spacial score (nSPS) is 22.0. The van der Waals surface area contributed by atoms with Crippen LogP contribution in [-0.4, -0.2) is 11.2 Å². The molecule has 1 aliphatic rings. The summed E-state index contributed by atoms with van der Waals surface area (Å²) in [6, 6.07) is 0. The summed E-state index contributed by atoms with van der Waals surface area (Å²) in [5, 5.41) is 9.06. The Morgan fingerprint density at radius 2 is 2.40 bits per heavy atom. The SMILES string of the molecule is C[C@H](O)CC1=CCCCC1. The summed E-state index contributed by atoms with van der Waals surface area (Å²) >= 11 is 0. The summed E-state index contributed by atoms with van der Waals surface area (Å²) in [6.45, 7) is 1.86. The quantitative estimate of drug-likeness (QED) is 0.583. The lowest BCUT2D eigenvalue weighted by Crippen LogP contribution is -2.03. The molecule has 0 heterocycles. The molecule has 0 bridgehead atoms. The van der Waals surface area contributed by atoms with Crippen molar-refractivity contribution in [3.05, 3.63) is 11.6 Å². The van der Waals surface area contributed by atoms with Gasteiger partial charge < -0.3 is 5.11 Å². The van der Waals surface area contributed by atoms with Crippen molar-refractivity contribution in [1.29, 1.82) is 0 Å². The van der Waals surface area contributed by atoms with Crippen LogP contribution in [0.2, 0.25) is 0 Å². The van der Waals surface area contributed by atoms with Gasteiger partial charge >= 0.3 is 0 Å². The molecule has 0 amide bonds. The molecule has 0 fully saturated rings. The van der Waals surface area contributed by atoms with Crippen LogP contribution in [0.15, 0.2) is 11.6 Å². The second-order valence-electron chi connectivity index (χ2n) is 3.16. The molecule has 0 spiro atoms. The molecule has 1 atom stereocenters. The van der Waals surface area contributed by atoms with Crippen LogP contribution in [0.3, 0.4) is 0 Å². The van der Waals surface area contributed by atoms with Gasteiger partial charge in [-0.2, -0.15) is 0 Å². The molecule has 1 N–H and O–H groups in total. The van der Waals surface area contributed by atoms with Gasteiger partial charge in [-0.05, 0) is 39.0 Å². The summed E-state index contributed by atoms with van der Waals surface area (Å²) < 4.78 is 0. The highest BCUT2D eigenvalue weighted by atomic mass is 16.3. The average molecular weight is 140 g/mol. The molecule has 0 aliphatic heterocycles. The van der Waals surface area contributed by atoms with Crippen molar-refractivity contribution in [1.82, 2.24) is 0 Å². The van der Waals surface area contributed by atoms with E-state index in [1.54, 1.807) is 0 Å². The third-order valence-electron chi connectivity index (χ3n) is 1.94. The van der Waals surface area contributed by atoms with Crippen LogP contribution >= 0.6 is 0 Å². The van der Waals surface area contributed by atoms with Gasteiger partial charge in [0.15, 0.2) is 0 Å². The monoisotopic (exact) mass is 140 g/mol. The number of hydrogen-bond acceptors (Lipinski definition) is 1. The molecule has 0 aromatic heterocycles. The van der Waals surface area contributed by atoms with Crippen LogP contribution in [0.1, 0.15) is 39.0 Å². The van der Waals surface area contributed by atoms with Gasteiger partial charge in [0.2, 0.25) is 0 Å². The van der Waals surface area contributed by atoms with Gasteiger partial charge in [-0.3, -0.25) is 0 Å². The van der Waals surface area contributed by atoms with Crippen LogP contribution in [0.4, 0.5) is 0 Å². The second kappa shape index (κ2) is 3.77. The van der Waals surface area contributed by atoms with Crippen LogP contribution in [0.5, 0.6) is 0 Å². The molecule has 1 aliphatic carbocycles. The Hall–Kier alpha value is -0.300. The number of rotatable bonds is 2. The Morgan fingerprint density at radius 1 is 1.60 bits per heavy atom. The highest BCUT2D eigenvalue weighted by molar-refractivity contribution is 5.05. The fraction of sp³-hybridized carbons (Fsp3) is 0.778. The lowest BCUT2D eigenvalue weighted by Gasteiger charge is -2.13. The number of hydrogen-bond donors (Lipinski definition) is 1. The standard InChI is InChI=1S/C9H16O/c1-8(10)7-9-5-3-2-4-6-9/h5,8,10H,2-4,6-7H2,1H3/t8-/m0/s1. The van der Waals surface area contributed by atoms with Crippen LogP contribution < -0.4 is 0 Å². The van der Waals surface area contributed by atoms with E-state index in [0.29, 0.717) is 0 Å². The van der Waals surface area contributed by atoms with Crippen LogP contribution in [-0.2, 0) is 0 Å². The Balaban J connectivity index is 2.31. The molecule has 10 heavy (non-hydrogen) atoms. The van der Waals surface area contributed by atoms with Crippen molar-refractivity contribution in [3.8, 4) is 0 Å². The van der Waals surface area contributed by atoms with E-state index < -0.39 is 0 Å². The van der Waals surface area contributed by atoms with Crippen molar-refractivity contribution in [2.45, 2.75) is 45.1 Å². The fourth-order valence-corrected chi connectivity index (χ4v) is 1.47. The Bertz CT molecular complexity index is 125. The minimum atomic E-state index is -0.149. The predicted octanol–water partition coefficient (Wildman–Crippen LogP) is 2.26. The lowest BCUT2D eigenvalue weighted by molar-refractivity contribution is 0.193. The van der Waals surface area contributed by atoms with Gasteiger partial charge in [0.1, 0.15) is 0 Å². The van der Waals surface area contributed by atoms with Crippen LogP contribution in [0, 0.1) is 0 Å². The van der Waals surface area contributed by atoms with E-state index in [2.05, 4.69) is 6.08 Å². The van der Waals surface area contributed by atoms with Crippen molar-refractivity contribution < 1.29 is 5.11 Å². The molecule has 0 saturated carbocycles. The Labute approximate surface area is 62.8 Å². The maximum atomic E-state index is 9.06. The molecule has 1 heteroatoms. The molecule has 0 aromatic rings. The average Bonchev–Trinajstić information content (AvgIpc) is 1.88. The molecular weight excluding hydrogens is 124 g/mol. The van der Waals surface area contributed by atoms with Gasteiger partial charge in [-0.25, -0.2) is 0 Å². The first-order chi connectivity index (χ1) is 4.79. The molecule has 1 nitrogen and oxygen atoms in total. The Kier molecular flexibility index (Phi) is 2.94. The lowest BCUT2D eigenvalue weighted by atomic mass is 9.96. The smallest absolute Gasteiger partial charge is 0.0549 e. The topological polar surface area (TPSA) is 20.2 Å². The number of allylic oxidation sites excluding steroid dienone is 1. The third kappa shape index (κ3) is 2.53. The van der Waals surface area contributed by atoms with Crippen LogP contribution in [0.25, 0.3) is 0 Å². The van der Waals surface area contributed by atoms with Gasteiger partial charge in [0.05, 0.1) is 6.10 Å². The zero-order valence-corrected chi connectivity index (χ0v) is 6.64. The molecule has 0 aromatic carbocycles. The molecule has 0 saturated heterocycles. The summed E-state index contributed by atoms with van der Waals surface area (Å²) in [6.07, 6.45) is 8.12. The highest BCUT2D eigenvalue weighted by Gasteiger charge is 2.05. The first-order valence-corrected chi connectivity index (χ1v) is 4.15. The van der Waals surface area contributed by atoms with E-state index in [4.69, 9.17) is 5.11 Å². The van der Waals surface area contributed by atoms with E-state index >= 15 is 0 Å². The van der Waals surface area contributed by atoms with E-state index in [-0.39, 0.29) is 6.10 Å². The van der Waals surface area contributed by atoms with E-state index in [1.165, 1.54) is 31.3 Å². The summed E-state index contributed by atoms with van der Waals surface area (Å²) in [7, 11) is 0. The van der Waals surface area contributed by atoms with Crippen molar-refractivity contribution in [2.75, 3.05) is 0 Å². The van der Waals surface area contributed by atoms with Gasteiger partial charge in [-0.15, -0.1) is 0 Å². The van der Waals surface area contributed by atoms with E-state index in [9.17, 15) is 0 Å². The molecule has 1 rings (SSSR count). The van der Waals surface area contributed by atoms with Crippen molar-refractivity contribution in [2.24, 2.45) is 0 Å². The summed E-state index contributed by atoms with van der Waals surface area (Å²) in [4.78, 5) is 0. The van der Waals surface area contributed by atoms with Gasteiger partial charge in [0.25, 0.3) is 0 Å². The van der Waals surface area contributed by atoms with Crippen molar-refractivity contribution >= 4 is 0 Å². The Morgan fingerprint density at radius 3 is 2.90 bits per heavy atom. The predicted molar refractivity (Wildman–Crippen MR) is 42.8 cm³/mol. The van der Waals surface area contributed by atoms with Crippen molar-refractivity contribution in [3.63, 3.8) is 0 Å². The van der Waals surface area contributed by atoms with Gasteiger partial charge in [0, 0.05) is 0 Å². The highest BCUT2D eigenvalue weighted by Crippen LogP contribution is 2.20. The maximum Gasteiger partial charge on any atom is 0.0549 e. The molecular formula is C9H16O. The van der Waals surface area contributed by atoms with E-state index in [0.717, 1.165) is 6.42 Å². The zero-order valence-electron chi connectivity index (χ0n) is 6.64. The zero-order chi connectivity index (χ0) is 7.40. The first kappa shape index (κ1) is 7.80. The summed E-state index contributed by atoms with van der Waals surface area (Å²) in [5.41, 5.74) is 1.46. The fourth-order valence-electron chi connectivity index (χ4n) is 1.47. The second-order valence-corrected chi connectivity index (χ2v) is 3.16. The van der Waals surface area contributed by atoms with E-state index in [1.807, 2.05) is 6.92 Å². The molecule has 58 valence electrons. The molecule has 0 unspecified atom stereocenters. The first-order valence-electron chi connectivity index (χ1n) is 4.15. The minimum absolute atomic E-state index is 0.149. The van der Waals surface area contributed by atoms with Gasteiger partial charge in [-0.1, -0.05) is 11.6 Å². The number of aliphatic hydroxyl groups is 1. The number of aliphatic hydroxyl groups excluding tert-OH is 1. The maximum absolute atomic E-state index is 9.06.